The molecule has 1 N–H and O–H groups in total. The number of ether oxygens (including phenoxy) is 2. The van der Waals surface area contributed by atoms with Gasteiger partial charge in [0.2, 0.25) is 0 Å². The second kappa shape index (κ2) is 6.41. The molecule has 0 radical (unpaired) electrons. The molecule has 112 valence electrons. The predicted molar refractivity (Wildman–Crippen MR) is 75.8 cm³/mol. The number of rotatable bonds is 6. The Morgan fingerprint density at radius 1 is 1.14 bits per heavy atom. The maximum absolute atomic E-state index is 12.4. The molecule has 1 aromatic carbocycles. The number of imide groups is 1. The Morgan fingerprint density at radius 3 is 2.52 bits per heavy atom. The van der Waals surface area contributed by atoms with Crippen LogP contribution >= 0.6 is 0 Å². The highest BCUT2D eigenvalue weighted by Gasteiger charge is 2.39. The van der Waals surface area contributed by atoms with E-state index in [-0.39, 0.29) is 12.1 Å². The molecule has 1 aliphatic rings. The molecule has 0 atom stereocenters. The van der Waals surface area contributed by atoms with Crippen LogP contribution in [0.1, 0.15) is 12.0 Å². The summed E-state index contributed by atoms with van der Waals surface area (Å²) in [5.74, 6) is -1.31. The third-order valence-corrected chi connectivity index (χ3v) is 3.25. The number of aliphatic hydroxyl groups is 1. The zero-order chi connectivity index (χ0) is 15.4. The standard InChI is InChI=1S/C15H17NO5/c1-20-9-5-8-16-14(18)12(13(17)15(16)19)10-6-3-4-7-11(10)21-2/h3-4,6-7,17H,5,8-9H2,1-2H3. The topological polar surface area (TPSA) is 76.1 Å². The summed E-state index contributed by atoms with van der Waals surface area (Å²) in [6, 6.07) is 6.76. The van der Waals surface area contributed by atoms with E-state index in [4.69, 9.17) is 9.47 Å². The summed E-state index contributed by atoms with van der Waals surface area (Å²) in [4.78, 5) is 25.4. The molecule has 0 bridgehead atoms. The molecule has 1 aliphatic heterocycles. The molecule has 1 aromatic rings. The van der Waals surface area contributed by atoms with E-state index in [0.717, 1.165) is 4.90 Å². The van der Waals surface area contributed by atoms with Gasteiger partial charge in [0.05, 0.1) is 12.7 Å². The number of hydrogen-bond acceptors (Lipinski definition) is 5. The Hall–Kier alpha value is -2.34. The average molecular weight is 291 g/mol. The molecule has 6 nitrogen and oxygen atoms in total. The first-order valence-corrected chi connectivity index (χ1v) is 6.53. The van der Waals surface area contributed by atoms with Crippen molar-refractivity contribution in [1.82, 2.24) is 4.90 Å². The highest BCUT2D eigenvalue weighted by Crippen LogP contribution is 2.33. The summed E-state index contributed by atoms with van der Waals surface area (Å²) in [6.45, 7) is 0.635. The Kier molecular flexibility index (Phi) is 4.59. The summed E-state index contributed by atoms with van der Waals surface area (Å²) >= 11 is 0. The molecule has 0 fully saturated rings. The lowest BCUT2D eigenvalue weighted by Gasteiger charge is -2.14. The second-order valence-corrected chi connectivity index (χ2v) is 4.53. The summed E-state index contributed by atoms with van der Waals surface area (Å²) in [7, 11) is 3.01. The zero-order valence-corrected chi connectivity index (χ0v) is 12.0. The van der Waals surface area contributed by atoms with E-state index in [0.29, 0.717) is 24.3 Å². The molecule has 1 heterocycles. The SMILES string of the molecule is COCCCN1C(=O)C(O)=C(c2ccccc2OC)C1=O. The third-order valence-electron chi connectivity index (χ3n) is 3.25. The van der Waals surface area contributed by atoms with Gasteiger partial charge in [-0.05, 0) is 12.5 Å². The molecule has 21 heavy (non-hydrogen) atoms. The number of carbonyl (C=O) groups excluding carboxylic acids is 2. The molecule has 0 saturated heterocycles. The molecule has 0 unspecified atom stereocenters. The first-order valence-electron chi connectivity index (χ1n) is 6.53. The zero-order valence-electron chi connectivity index (χ0n) is 12.0. The van der Waals surface area contributed by atoms with Gasteiger partial charge in [0.1, 0.15) is 5.75 Å². The summed E-state index contributed by atoms with van der Waals surface area (Å²) in [6.07, 6.45) is 0.514. The molecule has 0 aliphatic carbocycles. The van der Waals surface area contributed by atoms with Crippen molar-refractivity contribution in [3.05, 3.63) is 35.6 Å². The van der Waals surface area contributed by atoms with E-state index >= 15 is 0 Å². The monoisotopic (exact) mass is 291 g/mol. The molecule has 2 amide bonds. The summed E-state index contributed by atoms with van der Waals surface area (Å²) in [5.41, 5.74) is 0.389. The fourth-order valence-electron chi connectivity index (χ4n) is 2.23. The van der Waals surface area contributed by atoms with Crippen molar-refractivity contribution in [2.45, 2.75) is 6.42 Å². The largest absolute Gasteiger partial charge is 0.502 e. The van der Waals surface area contributed by atoms with Gasteiger partial charge in [-0.2, -0.15) is 0 Å². The van der Waals surface area contributed by atoms with Crippen LogP contribution in [0.3, 0.4) is 0 Å². The molecule has 0 saturated carbocycles. The minimum absolute atomic E-state index is 0.0186. The van der Waals surface area contributed by atoms with Gasteiger partial charge < -0.3 is 14.6 Å². The van der Waals surface area contributed by atoms with Gasteiger partial charge in [-0.3, -0.25) is 14.5 Å². The number of amides is 2. The minimum Gasteiger partial charge on any atom is -0.502 e. The van der Waals surface area contributed by atoms with Crippen molar-refractivity contribution >= 4 is 17.4 Å². The van der Waals surface area contributed by atoms with Crippen LogP contribution in [-0.4, -0.2) is 49.2 Å². The van der Waals surface area contributed by atoms with Gasteiger partial charge in [-0.1, -0.05) is 18.2 Å². The minimum atomic E-state index is -0.683. The van der Waals surface area contributed by atoms with Crippen molar-refractivity contribution in [2.75, 3.05) is 27.4 Å². The van der Waals surface area contributed by atoms with Gasteiger partial charge in [0.25, 0.3) is 11.8 Å². The van der Waals surface area contributed by atoms with E-state index in [2.05, 4.69) is 0 Å². The lowest BCUT2D eigenvalue weighted by Crippen LogP contribution is -2.33. The molecule has 6 heteroatoms. The Labute approximate surface area is 122 Å². The predicted octanol–water partition coefficient (Wildman–Crippen LogP) is 1.37. The van der Waals surface area contributed by atoms with E-state index in [9.17, 15) is 14.7 Å². The van der Waals surface area contributed by atoms with Crippen LogP contribution in [-0.2, 0) is 14.3 Å². The first kappa shape index (κ1) is 15.1. The first-order chi connectivity index (χ1) is 10.1. The number of nitrogens with zero attached hydrogens (tertiary/aromatic N) is 1. The lowest BCUT2D eigenvalue weighted by atomic mass is 10.0. The van der Waals surface area contributed by atoms with Crippen LogP contribution < -0.4 is 4.74 Å². The maximum Gasteiger partial charge on any atom is 0.296 e. The average Bonchev–Trinajstić information content (AvgIpc) is 2.71. The number of hydrogen-bond donors (Lipinski definition) is 1. The normalized spacial score (nSPS) is 15.0. The van der Waals surface area contributed by atoms with Gasteiger partial charge in [-0.15, -0.1) is 0 Å². The third kappa shape index (κ3) is 2.75. The molecular formula is C15H17NO5. The maximum atomic E-state index is 12.4. The van der Waals surface area contributed by atoms with Crippen molar-refractivity contribution < 1.29 is 24.2 Å². The van der Waals surface area contributed by atoms with E-state index in [1.165, 1.54) is 7.11 Å². The van der Waals surface area contributed by atoms with E-state index in [1.54, 1.807) is 31.4 Å². The smallest absolute Gasteiger partial charge is 0.296 e. The van der Waals surface area contributed by atoms with Gasteiger partial charge >= 0.3 is 0 Å². The highest BCUT2D eigenvalue weighted by molar-refractivity contribution is 6.35. The van der Waals surface area contributed by atoms with Crippen molar-refractivity contribution in [3.63, 3.8) is 0 Å². The molecule has 2 rings (SSSR count). The fourth-order valence-corrected chi connectivity index (χ4v) is 2.23. The second-order valence-electron chi connectivity index (χ2n) is 4.53. The Morgan fingerprint density at radius 2 is 1.86 bits per heavy atom. The number of para-hydroxylation sites is 1. The van der Waals surface area contributed by atoms with Crippen LogP contribution in [0.2, 0.25) is 0 Å². The van der Waals surface area contributed by atoms with Gasteiger partial charge in [-0.25, -0.2) is 0 Å². The summed E-state index contributed by atoms with van der Waals surface area (Å²) in [5, 5.41) is 10.0. The fraction of sp³-hybridized carbons (Fsp3) is 0.333. The number of carbonyl (C=O) groups is 2. The Balaban J connectivity index is 2.32. The quantitative estimate of drug-likeness (QED) is 0.633. The van der Waals surface area contributed by atoms with Gasteiger partial charge in [0.15, 0.2) is 5.76 Å². The number of methoxy groups -OCH3 is 2. The Bertz CT molecular complexity index is 593. The number of benzene rings is 1. The molecular weight excluding hydrogens is 274 g/mol. The van der Waals surface area contributed by atoms with Crippen LogP contribution in [0.25, 0.3) is 5.57 Å². The van der Waals surface area contributed by atoms with Crippen LogP contribution in [0.15, 0.2) is 30.0 Å². The van der Waals surface area contributed by atoms with Crippen molar-refractivity contribution in [1.29, 1.82) is 0 Å². The van der Waals surface area contributed by atoms with E-state index < -0.39 is 17.6 Å². The van der Waals surface area contributed by atoms with Crippen molar-refractivity contribution in [3.8, 4) is 5.75 Å². The highest BCUT2D eigenvalue weighted by atomic mass is 16.5. The summed E-state index contributed by atoms with van der Waals surface area (Å²) < 4.78 is 10.1. The van der Waals surface area contributed by atoms with Crippen molar-refractivity contribution in [2.24, 2.45) is 0 Å². The molecule has 0 spiro atoms. The van der Waals surface area contributed by atoms with Crippen LogP contribution in [0.4, 0.5) is 0 Å². The van der Waals surface area contributed by atoms with Crippen LogP contribution in [0.5, 0.6) is 5.75 Å². The van der Waals surface area contributed by atoms with Gasteiger partial charge in [0, 0.05) is 25.8 Å². The molecule has 0 aromatic heterocycles. The lowest BCUT2D eigenvalue weighted by molar-refractivity contribution is -0.138. The number of aliphatic hydroxyl groups excluding tert-OH is 1. The van der Waals surface area contributed by atoms with E-state index in [1.807, 2.05) is 0 Å². The van der Waals surface area contributed by atoms with Crippen LogP contribution in [0, 0.1) is 0 Å².